The molecule has 4 N–H and O–H groups in total. The average Bonchev–Trinajstić information content (AvgIpc) is 2.02. The first-order valence-electron chi connectivity index (χ1n) is 3.39. The highest BCUT2D eigenvalue weighted by Gasteiger charge is 2.22. The van der Waals surface area contributed by atoms with Crippen LogP contribution >= 0.6 is 0 Å². The molecule has 0 spiro atoms. The Morgan fingerprint density at radius 3 is 2.09 bits per heavy atom. The molecule has 11 heavy (non-hydrogen) atoms. The van der Waals surface area contributed by atoms with Crippen LogP contribution in [0, 0.1) is 0 Å². The fourth-order valence-corrected chi connectivity index (χ4v) is 0.675. The fourth-order valence-electron chi connectivity index (χ4n) is 0.675. The molecule has 0 heterocycles. The first-order chi connectivity index (χ1) is 5.13. The van der Waals surface area contributed by atoms with Crippen LogP contribution in [0.4, 0.5) is 0 Å². The van der Waals surface area contributed by atoms with Gasteiger partial charge in [0, 0.05) is 0 Å². The summed E-state index contributed by atoms with van der Waals surface area (Å²) in [6.45, 7) is 2.79. The van der Waals surface area contributed by atoms with Gasteiger partial charge in [-0.3, -0.25) is 0 Å². The zero-order valence-corrected chi connectivity index (χ0v) is 6.22. The van der Waals surface area contributed by atoms with Crippen molar-refractivity contribution >= 4 is 0 Å². The Morgan fingerprint density at radius 2 is 1.73 bits per heavy atom. The Kier molecular flexibility index (Phi) is 5.06. The molecule has 0 aliphatic heterocycles. The molecule has 0 aliphatic carbocycles. The molecule has 0 saturated carbocycles. The number of aliphatic hydroxyl groups is 4. The predicted molar refractivity (Wildman–Crippen MR) is 39.9 cm³/mol. The molecule has 66 valence electrons. The molecule has 0 fully saturated rings. The third-order valence-corrected chi connectivity index (χ3v) is 1.38. The monoisotopic (exact) mass is 162 g/mol. The minimum Gasteiger partial charge on any atom is -0.394 e. The summed E-state index contributed by atoms with van der Waals surface area (Å²) in [4.78, 5) is 0. The van der Waals surface area contributed by atoms with E-state index in [9.17, 15) is 0 Å². The maximum absolute atomic E-state index is 9.03. The largest absolute Gasteiger partial charge is 0.394 e. The molecule has 0 aromatic rings. The van der Waals surface area contributed by atoms with Crippen LogP contribution in [0.1, 0.15) is 6.42 Å². The van der Waals surface area contributed by atoms with Crippen LogP contribution < -0.4 is 0 Å². The molecule has 3 unspecified atom stereocenters. The van der Waals surface area contributed by atoms with E-state index in [1.807, 2.05) is 0 Å². The first-order valence-corrected chi connectivity index (χ1v) is 3.39. The quantitative estimate of drug-likeness (QED) is 0.376. The Balaban J connectivity index is 3.79. The highest BCUT2D eigenvalue weighted by molar-refractivity contribution is 4.81. The molecular formula is C7H14O4. The number of aliphatic hydroxyl groups excluding tert-OH is 4. The average molecular weight is 162 g/mol. The zero-order valence-electron chi connectivity index (χ0n) is 6.22. The van der Waals surface area contributed by atoms with E-state index in [4.69, 9.17) is 20.4 Å². The highest BCUT2D eigenvalue weighted by Crippen LogP contribution is 2.03. The van der Waals surface area contributed by atoms with Crippen molar-refractivity contribution < 1.29 is 20.4 Å². The van der Waals surface area contributed by atoms with E-state index in [0.29, 0.717) is 0 Å². The molecule has 0 aromatic carbocycles. The lowest BCUT2D eigenvalue weighted by atomic mass is 10.1. The van der Waals surface area contributed by atoms with Crippen LogP contribution in [-0.4, -0.2) is 45.3 Å². The van der Waals surface area contributed by atoms with Crippen molar-refractivity contribution in [2.75, 3.05) is 6.61 Å². The summed E-state index contributed by atoms with van der Waals surface area (Å²) in [5.74, 6) is 0. The number of hydrogen-bond acceptors (Lipinski definition) is 4. The van der Waals surface area contributed by atoms with Gasteiger partial charge < -0.3 is 20.4 Å². The van der Waals surface area contributed by atoms with Gasteiger partial charge in [0.25, 0.3) is 0 Å². The summed E-state index contributed by atoms with van der Waals surface area (Å²) in [7, 11) is 0. The SMILES string of the molecule is C=CCC(O)C(O)C(O)CO. The van der Waals surface area contributed by atoms with E-state index in [-0.39, 0.29) is 6.42 Å². The topological polar surface area (TPSA) is 80.9 Å². The molecule has 0 rings (SSSR count). The summed E-state index contributed by atoms with van der Waals surface area (Å²) in [5.41, 5.74) is 0. The van der Waals surface area contributed by atoms with Crippen LogP contribution in [0.3, 0.4) is 0 Å². The molecule has 4 heteroatoms. The smallest absolute Gasteiger partial charge is 0.108 e. The van der Waals surface area contributed by atoms with Crippen LogP contribution in [0.25, 0.3) is 0 Å². The molecule has 0 saturated heterocycles. The Labute approximate surface area is 65.4 Å². The van der Waals surface area contributed by atoms with Crippen LogP contribution in [0.2, 0.25) is 0 Å². The van der Waals surface area contributed by atoms with Crippen molar-refractivity contribution in [3.05, 3.63) is 12.7 Å². The zero-order chi connectivity index (χ0) is 8.85. The summed E-state index contributed by atoms with van der Waals surface area (Å²) in [5, 5.41) is 35.2. The van der Waals surface area contributed by atoms with E-state index in [1.54, 1.807) is 0 Å². The van der Waals surface area contributed by atoms with Crippen molar-refractivity contribution in [3.8, 4) is 0 Å². The minimum absolute atomic E-state index is 0.193. The lowest BCUT2D eigenvalue weighted by Gasteiger charge is -2.19. The third-order valence-electron chi connectivity index (χ3n) is 1.38. The Hall–Kier alpha value is -0.420. The van der Waals surface area contributed by atoms with E-state index in [0.717, 1.165) is 0 Å². The second kappa shape index (κ2) is 5.26. The van der Waals surface area contributed by atoms with Crippen molar-refractivity contribution in [3.63, 3.8) is 0 Å². The van der Waals surface area contributed by atoms with Gasteiger partial charge in [0.1, 0.15) is 12.2 Å². The van der Waals surface area contributed by atoms with Gasteiger partial charge in [-0.2, -0.15) is 0 Å². The Bertz CT molecular complexity index is 115. The van der Waals surface area contributed by atoms with Gasteiger partial charge in [0.05, 0.1) is 12.7 Å². The van der Waals surface area contributed by atoms with Gasteiger partial charge in [-0.15, -0.1) is 6.58 Å². The van der Waals surface area contributed by atoms with Gasteiger partial charge in [-0.1, -0.05) is 6.08 Å². The van der Waals surface area contributed by atoms with E-state index < -0.39 is 24.9 Å². The lowest BCUT2D eigenvalue weighted by Crippen LogP contribution is -2.39. The van der Waals surface area contributed by atoms with Crippen molar-refractivity contribution in [2.45, 2.75) is 24.7 Å². The number of hydrogen-bond donors (Lipinski definition) is 4. The molecular weight excluding hydrogens is 148 g/mol. The molecule has 0 amide bonds. The van der Waals surface area contributed by atoms with Gasteiger partial charge in [-0.25, -0.2) is 0 Å². The Morgan fingerprint density at radius 1 is 1.18 bits per heavy atom. The van der Waals surface area contributed by atoms with E-state index >= 15 is 0 Å². The molecule has 0 radical (unpaired) electrons. The summed E-state index contributed by atoms with van der Waals surface area (Å²) >= 11 is 0. The van der Waals surface area contributed by atoms with Gasteiger partial charge in [0.2, 0.25) is 0 Å². The van der Waals surface area contributed by atoms with Crippen LogP contribution in [0.15, 0.2) is 12.7 Å². The van der Waals surface area contributed by atoms with Crippen molar-refractivity contribution in [1.29, 1.82) is 0 Å². The predicted octanol–water partition coefficient (Wildman–Crippen LogP) is -1.36. The van der Waals surface area contributed by atoms with Crippen molar-refractivity contribution in [1.82, 2.24) is 0 Å². The maximum atomic E-state index is 9.03. The first kappa shape index (κ1) is 10.6. The molecule has 4 nitrogen and oxygen atoms in total. The van der Waals surface area contributed by atoms with E-state index in [2.05, 4.69) is 6.58 Å². The van der Waals surface area contributed by atoms with Gasteiger partial charge >= 0.3 is 0 Å². The minimum atomic E-state index is -1.31. The molecule has 3 atom stereocenters. The maximum Gasteiger partial charge on any atom is 0.108 e. The summed E-state index contributed by atoms with van der Waals surface area (Å²) in [6.07, 6.45) is -2.03. The second-order valence-electron chi connectivity index (χ2n) is 2.33. The summed E-state index contributed by atoms with van der Waals surface area (Å²) < 4.78 is 0. The molecule has 0 aromatic heterocycles. The number of rotatable bonds is 5. The molecule has 0 bridgehead atoms. The fraction of sp³-hybridized carbons (Fsp3) is 0.714. The third kappa shape index (κ3) is 3.48. The normalized spacial score (nSPS) is 18.9. The van der Waals surface area contributed by atoms with Gasteiger partial charge in [0.15, 0.2) is 0 Å². The van der Waals surface area contributed by atoms with Crippen molar-refractivity contribution in [2.24, 2.45) is 0 Å². The standard InChI is InChI=1S/C7H14O4/c1-2-3-5(9)7(11)6(10)4-8/h2,5-11H,1,3-4H2. The van der Waals surface area contributed by atoms with Crippen LogP contribution in [0.5, 0.6) is 0 Å². The second-order valence-corrected chi connectivity index (χ2v) is 2.33. The van der Waals surface area contributed by atoms with Crippen LogP contribution in [-0.2, 0) is 0 Å². The van der Waals surface area contributed by atoms with Gasteiger partial charge in [-0.05, 0) is 6.42 Å². The highest BCUT2D eigenvalue weighted by atomic mass is 16.4. The lowest BCUT2D eigenvalue weighted by molar-refractivity contribution is -0.0747. The molecule has 0 aliphatic rings. The summed E-state index contributed by atoms with van der Waals surface area (Å²) in [6, 6.07) is 0. The van der Waals surface area contributed by atoms with E-state index in [1.165, 1.54) is 6.08 Å².